The monoisotopic (exact) mass is 323 g/mol. The summed E-state index contributed by atoms with van der Waals surface area (Å²) in [5, 5.41) is 14.8. The third kappa shape index (κ3) is 2.69. The standard InChI is InChI=1S/C18H18FN5/c1-12(13-5-7-14(8-6-13)24-11-20-22-23-24)21-18-10-9-15-16(18)3-2-4-17(15)19/h2-8,11-12,18,21H,9-10H2,1H3. The molecule has 0 fully saturated rings. The van der Waals surface area contributed by atoms with Crippen LogP contribution < -0.4 is 5.32 Å². The van der Waals surface area contributed by atoms with Gasteiger partial charge in [0.25, 0.3) is 0 Å². The molecule has 122 valence electrons. The molecule has 0 saturated heterocycles. The smallest absolute Gasteiger partial charge is 0.143 e. The fourth-order valence-electron chi connectivity index (χ4n) is 3.38. The van der Waals surface area contributed by atoms with E-state index in [4.69, 9.17) is 0 Å². The van der Waals surface area contributed by atoms with E-state index in [9.17, 15) is 4.39 Å². The molecule has 1 aromatic heterocycles. The number of benzene rings is 2. The summed E-state index contributed by atoms with van der Waals surface area (Å²) in [5.41, 5.74) is 4.05. The highest BCUT2D eigenvalue weighted by atomic mass is 19.1. The van der Waals surface area contributed by atoms with Gasteiger partial charge in [-0.05, 0) is 65.1 Å². The minimum absolute atomic E-state index is 0.0877. The van der Waals surface area contributed by atoms with Gasteiger partial charge in [-0.1, -0.05) is 24.3 Å². The van der Waals surface area contributed by atoms with Crippen molar-refractivity contribution in [2.45, 2.75) is 31.8 Å². The van der Waals surface area contributed by atoms with E-state index in [1.807, 2.05) is 18.2 Å². The second kappa shape index (κ2) is 6.13. The lowest BCUT2D eigenvalue weighted by atomic mass is 10.0. The Morgan fingerprint density at radius 3 is 2.79 bits per heavy atom. The van der Waals surface area contributed by atoms with Crippen LogP contribution in [0.15, 0.2) is 48.8 Å². The Hall–Kier alpha value is -2.60. The molecular weight excluding hydrogens is 305 g/mol. The zero-order chi connectivity index (χ0) is 16.5. The maximum absolute atomic E-state index is 13.9. The van der Waals surface area contributed by atoms with E-state index < -0.39 is 0 Å². The molecule has 3 aromatic rings. The van der Waals surface area contributed by atoms with Crippen LogP contribution in [0.3, 0.4) is 0 Å². The average molecular weight is 323 g/mol. The predicted molar refractivity (Wildman–Crippen MR) is 88.2 cm³/mol. The van der Waals surface area contributed by atoms with Crippen LogP contribution in [-0.4, -0.2) is 20.2 Å². The van der Waals surface area contributed by atoms with Gasteiger partial charge in [-0.15, -0.1) is 5.10 Å². The van der Waals surface area contributed by atoms with Gasteiger partial charge in [0.2, 0.25) is 0 Å². The van der Waals surface area contributed by atoms with Crippen molar-refractivity contribution in [2.24, 2.45) is 0 Å². The number of tetrazole rings is 1. The summed E-state index contributed by atoms with van der Waals surface area (Å²) in [6.45, 7) is 2.13. The second-order valence-electron chi connectivity index (χ2n) is 6.13. The van der Waals surface area contributed by atoms with Gasteiger partial charge >= 0.3 is 0 Å². The third-order valence-corrected chi connectivity index (χ3v) is 4.67. The minimum Gasteiger partial charge on any atom is -0.303 e. The molecule has 0 bridgehead atoms. The number of halogens is 1. The largest absolute Gasteiger partial charge is 0.303 e. The number of aromatic nitrogens is 4. The molecule has 1 heterocycles. The van der Waals surface area contributed by atoms with Crippen LogP contribution in [0.1, 0.15) is 42.1 Å². The Labute approximate surface area is 139 Å². The number of fused-ring (bicyclic) bond motifs is 1. The summed E-state index contributed by atoms with van der Waals surface area (Å²) in [6, 6.07) is 13.8. The number of rotatable bonds is 4. The Kier molecular flexibility index (Phi) is 3.82. The first-order chi connectivity index (χ1) is 11.7. The highest BCUT2D eigenvalue weighted by molar-refractivity contribution is 5.37. The molecule has 1 N–H and O–H groups in total. The van der Waals surface area contributed by atoms with Crippen molar-refractivity contribution >= 4 is 0 Å². The van der Waals surface area contributed by atoms with Gasteiger partial charge in [-0.25, -0.2) is 9.07 Å². The summed E-state index contributed by atoms with van der Waals surface area (Å²) in [7, 11) is 0. The lowest BCUT2D eigenvalue weighted by Gasteiger charge is -2.21. The topological polar surface area (TPSA) is 55.6 Å². The van der Waals surface area contributed by atoms with Crippen LogP contribution in [0, 0.1) is 5.82 Å². The van der Waals surface area contributed by atoms with Crippen molar-refractivity contribution in [3.05, 3.63) is 71.3 Å². The number of hydrogen-bond acceptors (Lipinski definition) is 4. The molecule has 0 spiro atoms. The molecule has 0 radical (unpaired) electrons. The van der Waals surface area contributed by atoms with Crippen molar-refractivity contribution in [1.29, 1.82) is 0 Å². The van der Waals surface area contributed by atoms with E-state index in [0.29, 0.717) is 0 Å². The molecular formula is C18H18FN5. The highest BCUT2D eigenvalue weighted by Gasteiger charge is 2.25. The van der Waals surface area contributed by atoms with E-state index in [1.165, 1.54) is 5.56 Å². The van der Waals surface area contributed by atoms with Crippen LogP contribution in [-0.2, 0) is 6.42 Å². The van der Waals surface area contributed by atoms with Gasteiger partial charge in [-0.3, -0.25) is 0 Å². The van der Waals surface area contributed by atoms with E-state index in [0.717, 1.165) is 29.7 Å². The predicted octanol–water partition coefficient (Wildman–Crippen LogP) is 3.14. The minimum atomic E-state index is -0.0877. The van der Waals surface area contributed by atoms with Gasteiger partial charge < -0.3 is 5.32 Å². The Balaban J connectivity index is 1.49. The summed E-state index contributed by atoms with van der Waals surface area (Å²) < 4.78 is 15.5. The van der Waals surface area contributed by atoms with E-state index in [-0.39, 0.29) is 17.9 Å². The van der Waals surface area contributed by atoms with Crippen molar-refractivity contribution in [3.8, 4) is 5.69 Å². The van der Waals surface area contributed by atoms with Gasteiger partial charge in [0.05, 0.1) is 5.69 Å². The summed E-state index contributed by atoms with van der Waals surface area (Å²) in [4.78, 5) is 0. The molecule has 1 aliphatic carbocycles. The molecule has 2 unspecified atom stereocenters. The molecule has 2 atom stereocenters. The third-order valence-electron chi connectivity index (χ3n) is 4.67. The molecule has 0 aliphatic heterocycles. The van der Waals surface area contributed by atoms with Crippen LogP contribution in [0.2, 0.25) is 0 Å². The highest BCUT2D eigenvalue weighted by Crippen LogP contribution is 2.34. The van der Waals surface area contributed by atoms with Crippen LogP contribution >= 0.6 is 0 Å². The summed E-state index contributed by atoms with van der Waals surface area (Å²) in [6.07, 6.45) is 3.30. The molecule has 5 nitrogen and oxygen atoms in total. The zero-order valence-corrected chi connectivity index (χ0v) is 13.4. The molecule has 2 aromatic carbocycles. The number of nitrogens with zero attached hydrogens (tertiary/aromatic N) is 4. The summed E-state index contributed by atoms with van der Waals surface area (Å²) in [5.74, 6) is -0.0877. The van der Waals surface area contributed by atoms with E-state index in [2.05, 4.69) is 39.9 Å². The van der Waals surface area contributed by atoms with Crippen molar-refractivity contribution in [1.82, 2.24) is 25.5 Å². The van der Waals surface area contributed by atoms with E-state index in [1.54, 1.807) is 23.1 Å². The normalized spacial score (nSPS) is 17.7. The first-order valence-electron chi connectivity index (χ1n) is 8.09. The molecule has 1 aliphatic rings. The van der Waals surface area contributed by atoms with Gasteiger partial charge in [0.1, 0.15) is 12.1 Å². The Bertz CT molecular complexity index is 829. The van der Waals surface area contributed by atoms with E-state index >= 15 is 0 Å². The molecule has 24 heavy (non-hydrogen) atoms. The maximum atomic E-state index is 13.9. The lowest BCUT2D eigenvalue weighted by Crippen LogP contribution is -2.23. The van der Waals surface area contributed by atoms with Crippen LogP contribution in [0.25, 0.3) is 5.69 Å². The maximum Gasteiger partial charge on any atom is 0.143 e. The van der Waals surface area contributed by atoms with Crippen LogP contribution in [0.4, 0.5) is 4.39 Å². The second-order valence-corrected chi connectivity index (χ2v) is 6.13. The quantitative estimate of drug-likeness (QED) is 0.801. The van der Waals surface area contributed by atoms with Gasteiger partial charge in [0, 0.05) is 12.1 Å². The fourth-order valence-corrected chi connectivity index (χ4v) is 3.38. The Morgan fingerprint density at radius 2 is 2.04 bits per heavy atom. The molecule has 0 amide bonds. The zero-order valence-electron chi connectivity index (χ0n) is 13.4. The van der Waals surface area contributed by atoms with Crippen molar-refractivity contribution < 1.29 is 4.39 Å². The fraction of sp³-hybridized carbons (Fsp3) is 0.278. The lowest BCUT2D eigenvalue weighted by molar-refractivity contribution is 0.465. The number of hydrogen-bond donors (Lipinski definition) is 1. The average Bonchev–Trinajstić information content (AvgIpc) is 3.26. The first kappa shape index (κ1) is 15.0. The first-order valence-corrected chi connectivity index (χ1v) is 8.09. The molecule has 6 heteroatoms. The SMILES string of the molecule is CC(NC1CCc2c(F)cccc21)c1ccc(-n2cnnn2)cc1. The Morgan fingerprint density at radius 1 is 1.21 bits per heavy atom. The van der Waals surface area contributed by atoms with Gasteiger partial charge in [-0.2, -0.15) is 0 Å². The van der Waals surface area contributed by atoms with Crippen LogP contribution in [0.5, 0.6) is 0 Å². The van der Waals surface area contributed by atoms with Crippen molar-refractivity contribution in [2.75, 3.05) is 0 Å². The molecule has 0 saturated carbocycles. The number of nitrogens with one attached hydrogen (secondary N) is 1. The molecule has 4 rings (SSSR count). The van der Waals surface area contributed by atoms with Gasteiger partial charge in [0.15, 0.2) is 0 Å². The summed E-state index contributed by atoms with van der Waals surface area (Å²) >= 11 is 0. The van der Waals surface area contributed by atoms with Crippen molar-refractivity contribution in [3.63, 3.8) is 0 Å².